The predicted octanol–water partition coefficient (Wildman–Crippen LogP) is 0.941. The van der Waals surface area contributed by atoms with Gasteiger partial charge in [-0.2, -0.15) is 15.4 Å². The molecule has 0 aliphatic heterocycles. The molecule has 0 aliphatic rings. The van der Waals surface area contributed by atoms with Crippen molar-refractivity contribution in [2.45, 2.75) is 25.8 Å². The van der Waals surface area contributed by atoms with Crippen LogP contribution in [0.25, 0.3) is 11.0 Å². The van der Waals surface area contributed by atoms with E-state index in [1.54, 1.807) is 18.2 Å². The van der Waals surface area contributed by atoms with Gasteiger partial charge < -0.3 is 10.4 Å². The van der Waals surface area contributed by atoms with E-state index in [0.717, 1.165) is 0 Å². The summed E-state index contributed by atoms with van der Waals surface area (Å²) in [5, 5.41) is 21.7. The molecule has 1 atom stereocenters. The number of nitrogens with one attached hydrogen (secondary N) is 2. The average molecular weight is 262 g/mol. The Bertz CT molecular complexity index is 608. The number of carbonyl (C=O) groups excluding carboxylic acids is 1. The maximum atomic E-state index is 12.0. The number of hydrogen-bond donors (Lipinski definition) is 3. The standard InChI is InChI=1S/C12H14N4O3/c1-2-3-9(12(18)19)13-11(17)7-4-5-8-10(6-7)15-16-14-8/h4-6,9H,2-3H2,1H3,(H,13,17)(H,18,19)(H,14,15,16)/t9-/m1/s1. The zero-order valence-electron chi connectivity index (χ0n) is 10.4. The summed E-state index contributed by atoms with van der Waals surface area (Å²) in [6, 6.07) is 3.94. The number of amides is 1. The minimum absolute atomic E-state index is 0.365. The second-order valence-corrected chi connectivity index (χ2v) is 4.18. The van der Waals surface area contributed by atoms with Crippen molar-refractivity contribution in [1.29, 1.82) is 0 Å². The molecule has 2 rings (SSSR count). The Hall–Kier alpha value is -2.44. The minimum Gasteiger partial charge on any atom is -0.480 e. The highest BCUT2D eigenvalue weighted by atomic mass is 16.4. The van der Waals surface area contributed by atoms with Gasteiger partial charge in [-0.15, -0.1) is 0 Å². The summed E-state index contributed by atoms with van der Waals surface area (Å²) in [6.45, 7) is 1.86. The van der Waals surface area contributed by atoms with Gasteiger partial charge in [0.25, 0.3) is 5.91 Å². The molecule has 0 bridgehead atoms. The first-order valence-electron chi connectivity index (χ1n) is 5.96. The maximum absolute atomic E-state index is 12.0. The Kier molecular flexibility index (Phi) is 3.74. The van der Waals surface area contributed by atoms with E-state index in [9.17, 15) is 9.59 Å². The summed E-state index contributed by atoms with van der Waals surface area (Å²) >= 11 is 0. The molecule has 19 heavy (non-hydrogen) atoms. The average Bonchev–Trinajstić information content (AvgIpc) is 2.85. The van der Waals surface area contributed by atoms with E-state index in [4.69, 9.17) is 5.11 Å². The Labute approximate surface area is 109 Å². The van der Waals surface area contributed by atoms with E-state index in [-0.39, 0.29) is 0 Å². The topological polar surface area (TPSA) is 108 Å². The first-order valence-corrected chi connectivity index (χ1v) is 5.96. The van der Waals surface area contributed by atoms with Crippen molar-refractivity contribution in [3.8, 4) is 0 Å². The fourth-order valence-corrected chi connectivity index (χ4v) is 1.77. The second kappa shape index (κ2) is 5.47. The van der Waals surface area contributed by atoms with Crippen molar-refractivity contribution < 1.29 is 14.7 Å². The molecule has 0 spiro atoms. The summed E-state index contributed by atoms with van der Waals surface area (Å²) < 4.78 is 0. The van der Waals surface area contributed by atoms with Crippen molar-refractivity contribution in [1.82, 2.24) is 20.7 Å². The third-order valence-corrected chi connectivity index (χ3v) is 2.76. The fraction of sp³-hybridized carbons (Fsp3) is 0.333. The van der Waals surface area contributed by atoms with Crippen LogP contribution in [0.1, 0.15) is 30.1 Å². The van der Waals surface area contributed by atoms with Gasteiger partial charge in [-0.3, -0.25) is 4.79 Å². The van der Waals surface area contributed by atoms with Gasteiger partial charge in [0.05, 0.1) is 0 Å². The molecule has 1 heterocycles. The summed E-state index contributed by atoms with van der Waals surface area (Å²) in [4.78, 5) is 23.0. The summed E-state index contributed by atoms with van der Waals surface area (Å²) in [6.07, 6.45) is 1.08. The smallest absolute Gasteiger partial charge is 0.326 e. The number of fused-ring (bicyclic) bond motifs is 1. The first kappa shape index (κ1) is 13.0. The Balaban J connectivity index is 2.16. The summed E-state index contributed by atoms with van der Waals surface area (Å²) in [5.41, 5.74) is 1.58. The molecule has 1 amide bonds. The van der Waals surface area contributed by atoms with Crippen molar-refractivity contribution in [3.05, 3.63) is 23.8 Å². The van der Waals surface area contributed by atoms with Crippen molar-refractivity contribution in [2.24, 2.45) is 0 Å². The molecule has 0 saturated heterocycles. The highest BCUT2D eigenvalue weighted by molar-refractivity contribution is 5.98. The molecular weight excluding hydrogens is 248 g/mol. The SMILES string of the molecule is CCC[C@@H](NC(=O)c1ccc2n[nH]nc2c1)C(=O)O. The number of nitrogens with zero attached hydrogens (tertiary/aromatic N) is 2. The van der Waals surface area contributed by atoms with Gasteiger partial charge in [0, 0.05) is 5.56 Å². The summed E-state index contributed by atoms with van der Waals surface area (Å²) in [7, 11) is 0. The molecule has 0 saturated carbocycles. The molecule has 7 nitrogen and oxygen atoms in total. The van der Waals surface area contributed by atoms with E-state index in [1.807, 2.05) is 6.92 Å². The highest BCUT2D eigenvalue weighted by Gasteiger charge is 2.19. The number of aliphatic carboxylic acids is 1. The van der Waals surface area contributed by atoms with Crippen LogP contribution in [0, 0.1) is 0 Å². The van der Waals surface area contributed by atoms with Crippen LogP contribution in [-0.4, -0.2) is 38.4 Å². The second-order valence-electron chi connectivity index (χ2n) is 4.18. The number of aromatic amines is 1. The third kappa shape index (κ3) is 2.87. The van der Waals surface area contributed by atoms with Crippen LogP contribution in [-0.2, 0) is 4.79 Å². The summed E-state index contributed by atoms with van der Waals surface area (Å²) in [5.74, 6) is -1.46. The molecule has 1 aromatic heterocycles. The molecule has 3 N–H and O–H groups in total. The lowest BCUT2D eigenvalue weighted by Crippen LogP contribution is -2.40. The predicted molar refractivity (Wildman–Crippen MR) is 67.7 cm³/mol. The molecule has 0 fully saturated rings. The molecular formula is C12H14N4O3. The zero-order valence-corrected chi connectivity index (χ0v) is 10.4. The van der Waals surface area contributed by atoms with E-state index < -0.39 is 17.9 Å². The number of hydrogen-bond acceptors (Lipinski definition) is 4. The fourth-order valence-electron chi connectivity index (χ4n) is 1.77. The van der Waals surface area contributed by atoms with Gasteiger partial charge in [-0.05, 0) is 24.6 Å². The van der Waals surface area contributed by atoms with Gasteiger partial charge in [-0.1, -0.05) is 13.3 Å². The maximum Gasteiger partial charge on any atom is 0.326 e. The molecule has 100 valence electrons. The number of benzene rings is 1. The van der Waals surface area contributed by atoms with Gasteiger partial charge >= 0.3 is 5.97 Å². The van der Waals surface area contributed by atoms with Crippen LogP contribution in [0.4, 0.5) is 0 Å². The van der Waals surface area contributed by atoms with Gasteiger partial charge in [0.1, 0.15) is 17.1 Å². The number of carbonyl (C=O) groups is 2. The minimum atomic E-state index is -1.03. The Morgan fingerprint density at radius 2 is 2.11 bits per heavy atom. The monoisotopic (exact) mass is 262 g/mol. The largest absolute Gasteiger partial charge is 0.480 e. The van der Waals surface area contributed by atoms with Crippen molar-refractivity contribution in [2.75, 3.05) is 0 Å². The highest BCUT2D eigenvalue weighted by Crippen LogP contribution is 2.11. The van der Waals surface area contributed by atoms with Gasteiger partial charge in [0.15, 0.2) is 0 Å². The molecule has 0 unspecified atom stereocenters. The number of rotatable bonds is 5. The van der Waals surface area contributed by atoms with Crippen molar-refractivity contribution >= 4 is 22.9 Å². The Morgan fingerprint density at radius 3 is 2.79 bits per heavy atom. The third-order valence-electron chi connectivity index (χ3n) is 2.76. The number of carboxylic acids is 1. The molecule has 7 heteroatoms. The molecule has 1 aromatic carbocycles. The molecule has 2 aromatic rings. The lowest BCUT2D eigenvalue weighted by molar-refractivity contribution is -0.139. The Morgan fingerprint density at radius 1 is 1.37 bits per heavy atom. The van der Waals surface area contributed by atoms with Crippen LogP contribution in [0.5, 0.6) is 0 Å². The van der Waals surface area contributed by atoms with Crippen LogP contribution >= 0.6 is 0 Å². The van der Waals surface area contributed by atoms with Crippen LogP contribution < -0.4 is 5.32 Å². The number of aromatic nitrogens is 3. The number of H-pyrrole nitrogens is 1. The quantitative estimate of drug-likeness (QED) is 0.743. The zero-order chi connectivity index (χ0) is 13.8. The van der Waals surface area contributed by atoms with E-state index in [2.05, 4.69) is 20.7 Å². The van der Waals surface area contributed by atoms with Crippen molar-refractivity contribution in [3.63, 3.8) is 0 Å². The lowest BCUT2D eigenvalue weighted by Gasteiger charge is -2.13. The van der Waals surface area contributed by atoms with Crippen LogP contribution in [0.15, 0.2) is 18.2 Å². The van der Waals surface area contributed by atoms with E-state index >= 15 is 0 Å². The van der Waals surface area contributed by atoms with Gasteiger partial charge in [0.2, 0.25) is 0 Å². The molecule has 0 aliphatic carbocycles. The van der Waals surface area contributed by atoms with E-state index in [0.29, 0.717) is 29.4 Å². The van der Waals surface area contributed by atoms with Gasteiger partial charge in [-0.25, -0.2) is 4.79 Å². The number of carboxylic acid groups (broad SMARTS) is 1. The van der Waals surface area contributed by atoms with Crippen LogP contribution in [0.3, 0.4) is 0 Å². The normalized spacial score (nSPS) is 12.3. The van der Waals surface area contributed by atoms with Crippen LogP contribution in [0.2, 0.25) is 0 Å². The van der Waals surface area contributed by atoms with E-state index in [1.165, 1.54) is 0 Å². The lowest BCUT2D eigenvalue weighted by atomic mass is 10.1. The first-order chi connectivity index (χ1) is 9.11. The molecule has 0 radical (unpaired) electrons.